The molecule has 0 bridgehead atoms. The first-order valence-corrected chi connectivity index (χ1v) is 3.26. The van der Waals surface area contributed by atoms with Gasteiger partial charge in [0.1, 0.15) is 0 Å². The molecule has 10 heavy (non-hydrogen) atoms. The second kappa shape index (κ2) is 2.52. The molecule has 0 aromatic rings. The van der Waals surface area contributed by atoms with Crippen LogP contribution in [0.3, 0.4) is 0 Å². The molecule has 1 aliphatic rings. The van der Waals surface area contributed by atoms with Gasteiger partial charge in [-0.05, 0) is 25.0 Å². The quantitative estimate of drug-likeness (QED) is 0.490. The highest BCUT2D eigenvalue weighted by Gasteiger charge is 2.25. The van der Waals surface area contributed by atoms with Gasteiger partial charge in [-0.2, -0.15) is 0 Å². The Morgan fingerprint density at radius 2 is 1.30 bits per heavy atom. The number of halogens is 2. The monoisotopic (exact) mass is 144 g/mol. The smallest absolute Gasteiger partial charge is 0.156 e. The normalized spacial score (nSPS) is 33.2. The third kappa shape index (κ3) is 1.11. The Hall–Kier alpha value is -0.660. The van der Waals surface area contributed by atoms with E-state index in [0.29, 0.717) is 11.1 Å². The van der Waals surface area contributed by atoms with Gasteiger partial charge in [-0.3, -0.25) is 0 Å². The van der Waals surface area contributed by atoms with Crippen molar-refractivity contribution >= 4 is 0 Å². The zero-order chi connectivity index (χ0) is 7.72. The van der Waals surface area contributed by atoms with Crippen LogP contribution in [0.15, 0.2) is 23.3 Å². The summed E-state index contributed by atoms with van der Waals surface area (Å²) in [4.78, 5) is 0. The van der Waals surface area contributed by atoms with Gasteiger partial charge in [-0.1, -0.05) is 12.2 Å². The first-order valence-electron chi connectivity index (χ1n) is 3.26. The van der Waals surface area contributed by atoms with Crippen molar-refractivity contribution in [2.24, 2.45) is 0 Å². The molecule has 2 unspecified atom stereocenters. The Kier molecular flexibility index (Phi) is 1.88. The fraction of sp³-hybridized carbons (Fsp3) is 0.500. The van der Waals surface area contributed by atoms with E-state index in [9.17, 15) is 8.78 Å². The van der Waals surface area contributed by atoms with E-state index < -0.39 is 12.3 Å². The molecule has 0 aromatic heterocycles. The predicted molar refractivity (Wildman–Crippen MR) is 37.3 cm³/mol. The van der Waals surface area contributed by atoms with Crippen molar-refractivity contribution in [2.45, 2.75) is 26.2 Å². The van der Waals surface area contributed by atoms with Gasteiger partial charge in [0.05, 0.1) is 0 Å². The molecule has 0 aliphatic heterocycles. The van der Waals surface area contributed by atoms with Crippen molar-refractivity contribution in [1.82, 2.24) is 0 Å². The van der Waals surface area contributed by atoms with Crippen LogP contribution in [-0.2, 0) is 0 Å². The van der Waals surface area contributed by atoms with Crippen LogP contribution < -0.4 is 0 Å². The lowest BCUT2D eigenvalue weighted by atomic mass is 9.97. The molecule has 2 heteroatoms. The number of alkyl halides is 2. The van der Waals surface area contributed by atoms with Crippen molar-refractivity contribution < 1.29 is 8.78 Å². The summed E-state index contributed by atoms with van der Waals surface area (Å²) in [7, 11) is 0. The molecule has 56 valence electrons. The van der Waals surface area contributed by atoms with Crippen molar-refractivity contribution in [2.75, 3.05) is 0 Å². The first kappa shape index (κ1) is 7.45. The highest BCUT2D eigenvalue weighted by atomic mass is 19.2. The second-order valence-electron chi connectivity index (χ2n) is 2.62. The van der Waals surface area contributed by atoms with E-state index in [4.69, 9.17) is 0 Å². The molecule has 0 amide bonds. The molecule has 0 heterocycles. The van der Waals surface area contributed by atoms with Crippen LogP contribution in [0.1, 0.15) is 13.8 Å². The van der Waals surface area contributed by atoms with Gasteiger partial charge < -0.3 is 0 Å². The highest BCUT2D eigenvalue weighted by molar-refractivity contribution is 5.29. The molecule has 0 fully saturated rings. The van der Waals surface area contributed by atoms with Crippen LogP contribution in [0.5, 0.6) is 0 Å². The summed E-state index contributed by atoms with van der Waals surface area (Å²) >= 11 is 0. The first-order chi connectivity index (χ1) is 4.63. The van der Waals surface area contributed by atoms with E-state index in [2.05, 4.69) is 0 Å². The Labute approximate surface area is 59.2 Å². The minimum atomic E-state index is -1.43. The van der Waals surface area contributed by atoms with Gasteiger partial charge in [-0.25, -0.2) is 8.78 Å². The Bertz CT molecular complexity index is 169. The zero-order valence-electron chi connectivity index (χ0n) is 6.07. The average Bonchev–Trinajstić information content (AvgIpc) is 1.93. The van der Waals surface area contributed by atoms with Crippen LogP contribution in [0, 0.1) is 0 Å². The molecule has 1 aliphatic carbocycles. The molecule has 0 saturated heterocycles. The zero-order valence-corrected chi connectivity index (χ0v) is 6.07. The molecule has 0 nitrogen and oxygen atoms in total. The number of hydrogen-bond acceptors (Lipinski definition) is 0. The third-order valence-electron chi connectivity index (χ3n) is 1.74. The Morgan fingerprint density at radius 3 is 1.60 bits per heavy atom. The molecule has 2 atom stereocenters. The van der Waals surface area contributed by atoms with Gasteiger partial charge in [0, 0.05) is 0 Å². The van der Waals surface area contributed by atoms with E-state index in [1.807, 2.05) is 0 Å². The topological polar surface area (TPSA) is 0 Å². The van der Waals surface area contributed by atoms with E-state index in [1.54, 1.807) is 26.0 Å². The summed E-state index contributed by atoms with van der Waals surface area (Å²) < 4.78 is 25.5. The van der Waals surface area contributed by atoms with Crippen molar-refractivity contribution in [1.29, 1.82) is 0 Å². The van der Waals surface area contributed by atoms with Crippen LogP contribution in [0.25, 0.3) is 0 Å². The lowest BCUT2D eigenvalue weighted by molar-refractivity contribution is 0.223. The fourth-order valence-electron chi connectivity index (χ4n) is 0.908. The minimum absolute atomic E-state index is 0.470. The largest absolute Gasteiger partial charge is 0.239 e. The Morgan fingerprint density at radius 1 is 1.00 bits per heavy atom. The van der Waals surface area contributed by atoms with E-state index in [0.717, 1.165) is 0 Å². The summed E-state index contributed by atoms with van der Waals surface area (Å²) in [6.07, 6.45) is 0.390. The second-order valence-corrected chi connectivity index (χ2v) is 2.62. The molecule has 0 spiro atoms. The maximum Gasteiger partial charge on any atom is 0.156 e. The average molecular weight is 144 g/mol. The van der Waals surface area contributed by atoms with Gasteiger partial charge in [0.15, 0.2) is 12.3 Å². The summed E-state index contributed by atoms with van der Waals surface area (Å²) in [6.45, 7) is 3.19. The van der Waals surface area contributed by atoms with E-state index in [1.165, 1.54) is 0 Å². The molecular weight excluding hydrogens is 134 g/mol. The van der Waals surface area contributed by atoms with Crippen LogP contribution in [0.2, 0.25) is 0 Å². The summed E-state index contributed by atoms with van der Waals surface area (Å²) in [6, 6.07) is 0. The number of hydrogen-bond donors (Lipinski definition) is 0. The maximum absolute atomic E-state index is 12.7. The Balaban J connectivity index is 2.86. The van der Waals surface area contributed by atoms with Crippen molar-refractivity contribution in [3.05, 3.63) is 23.3 Å². The summed E-state index contributed by atoms with van der Waals surface area (Å²) in [5, 5.41) is 0. The molecular formula is C8H10F2. The lowest BCUT2D eigenvalue weighted by Crippen LogP contribution is -2.21. The third-order valence-corrected chi connectivity index (χ3v) is 1.74. The molecule has 0 saturated carbocycles. The standard InChI is InChI=1S/C8H10F2/c1-5-3-4-6(2)8(10)7(5)9/h3-4,7-8H,1-2H3. The van der Waals surface area contributed by atoms with Gasteiger partial charge in [-0.15, -0.1) is 0 Å². The summed E-state index contributed by atoms with van der Waals surface area (Å²) in [5.41, 5.74) is 0.941. The van der Waals surface area contributed by atoms with Gasteiger partial charge in [0.25, 0.3) is 0 Å². The predicted octanol–water partition coefficient (Wildman–Crippen LogP) is 2.57. The van der Waals surface area contributed by atoms with Crippen LogP contribution >= 0.6 is 0 Å². The fourth-order valence-corrected chi connectivity index (χ4v) is 0.908. The van der Waals surface area contributed by atoms with Crippen molar-refractivity contribution in [3.8, 4) is 0 Å². The van der Waals surface area contributed by atoms with E-state index in [-0.39, 0.29) is 0 Å². The molecule has 0 N–H and O–H groups in total. The number of rotatable bonds is 0. The van der Waals surface area contributed by atoms with E-state index >= 15 is 0 Å². The maximum atomic E-state index is 12.7. The molecule has 1 rings (SSSR count). The number of allylic oxidation sites excluding steroid dienone is 4. The van der Waals surface area contributed by atoms with Crippen LogP contribution in [0.4, 0.5) is 8.78 Å². The van der Waals surface area contributed by atoms with Crippen LogP contribution in [-0.4, -0.2) is 12.3 Å². The SMILES string of the molecule is CC1=CC=C(C)C(F)C1F. The summed E-state index contributed by atoms with van der Waals surface area (Å²) in [5.74, 6) is 0. The molecule has 0 aromatic carbocycles. The highest BCUT2D eigenvalue weighted by Crippen LogP contribution is 2.24. The minimum Gasteiger partial charge on any atom is -0.239 e. The van der Waals surface area contributed by atoms with Gasteiger partial charge >= 0.3 is 0 Å². The van der Waals surface area contributed by atoms with Crippen molar-refractivity contribution in [3.63, 3.8) is 0 Å². The van der Waals surface area contributed by atoms with Gasteiger partial charge in [0.2, 0.25) is 0 Å². The lowest BCUT2D eigenvalue weighted by Gasteiger charge is -2.18. The molecule has 0 radical (unpaired) electrons.